The van der Waals surface area contributed by atoms with Gasteiger partial charge in [0.2, 0.25) is 10.0 Å². The summed E-state index contributed by atoms with van der Waals surface area (Å²) in [7, 11) is -3.67. The molecule has 2 heterocycles. The summed E-state index contributed by atoms with van der Waals surface area (Å²) in [6, 6.07) is 5.52. The zero-order chi connectivity index (χ0) is 21.1. The molecule has 1 aliphatic rings. The lowest BCUT2D eigenvalue weighted by molar-refractivity contribution is 0.0429. The van der Waals surface area contributed by atoms with Crippen molar-refractivity contribution in [1.29, 1.82) is 0 Å². The van der Waals surface area contributed by atoms with Gasteiger partial charge in [-0.1, -0.05) is 25.9 Å². The largest absolute Gasteiger partial charge is 0.452 e. The van der Waals surface area contributed by atoms with E-state index in [1.807, 2.05) is 20.8 Å². The molecule has 0 amide bonds. The minimum Gasteiger partial charge on any atom is -0.452 e. The molecule has 1 aliphatic heterocycles. The van der Waals surface area contributed by atoms with Gasteiger partial charge in [0, 0.05) is 18.6 Å². The van der Waals surface area contributed by atoms with Crippen molar-refractivity contribution in [2.75, 3.05) is 13.2 Å². The first-order valence-corrected chi connectivity index (χ1v) is 10.8. The third-order valence-electron chi connectivity index (χ3n) is 4.39. The quantitative estimate of drug-likeness (QED) is 0.673. The van der Waals surface area contributed by atoms with Crippen molar-refractivity contribution < 1.29 is 27.2 Å². The zero-order valence-electron chi connectivity index (χ0n) is 16.7. The molecule has 158 valence electrons. The average molecular weight is 423 g/mol. The van der Waals surface area contributed by atoms with Gasteiger partial charge in [0.15, 0.2) is 12.4 Å². The minimum atomic E-state index is -3.67. The molecule has 0 aliphatic carbocycles. The van der Waals surface area contributed by atoms with E-state index in [-0.39, 0.29) is 41.0 Å². The van der Waals surface area contributed by atoms with Gasteiger partial charge in [-0.15, -0.1) is 0 Å². The minimum absolute atomic E-state index is 0.0683. The summed E-state index contributed by atoms with van der Waals surface area (Å²) >= 11 is 0. The zero-order valence-corrected chi connectivity index (χ0v) is 17.5. The van der Waals surface area contributed by atoms with Gasteiger partial charge in [-0.3, -0.25) is 0 Å². The molecule has 0 spiro atoms. The van der Waals surface area contributed by atoms with E-state index < -0.39 is 16.0 Å². The number of nitrogens with one attached hydrogen (secondary N) is 1. The van der Waals surface area contributed by atoms with Crippen LogP contribution >= 0.6 is 0 Å². The number of carbonyl (C=O) groups is 1. The lowest BCUT2D eigenvalue weighted by Crippen LogP contribution is -2.31. The molecular weight excluding hydrogens is 398 g/mol. The highest BCUT2D eigenvalue weighted by Gasteiger charge is 2.22. The maximum absolute atomic E-state index is 12.4. The van der Waals surface area contributed by atoms with Crippen molar-refractivity contribution in [3.8, 4) is 0 Å². The van der Waals surface area contributed by atoms with Gasteiger partial charge in [0.25, 0.3) is 5.89 Å². The van der Waals surface area contributed by atoms with Crippen LogP contribution in [-0.2, 0) is 31.5 Å². The van der Waals surface area contributed by atoms with Gasteiger partial charge in [-0.05, 0) is 37.1 Å². The van der Waals surface area contributed by atoms with Crippen molar-refractivity contribution in [2.24, 2.45) is 0 Å². The molecule has 3 rings (SSSR count). The van der Waals surface area contributed by atoms with Crippen LogP contribution < -0.4 is 4.72 Å². The number of sulfonamides is 1. The van der Waals surface area contributed by atoms with Crippen LogP contribution in [0.25, 0.3) is 0 Å². The predicted octanol–water partition coefficient (Wildman–Crippen LogP) is 2.18. The van der Waals surface area contributed by atoms with Crippen LogP contribution in [-0.4, -0.2) is 43.8 Å². The number of carbonyl (C=O) groups excluding carboxylic acids is 1. The molecule has 1 aromatic carbocycles. The summed E-state index contributed by atoms with van der Waals surface area (Å²) in [5.41, 5.74) is -0.0519. The normalized spacial score (nSPS) is 17.4. The first kappa shape index (κ1) is 21.4. The number of ether oxygens (including phenoxy) is 2. The molecule has 0 radical (unpaired) electrons. The summed E-state index contributed by atoms with van der Waals surface area (Å²) in [5.74, 6) is 0.103. The molecule has 10 heteroatoms. The van der Waals surface area contributed by atoms with Crippen LogP contribution in [0, 0.1) is 0 Å². The fourth-order valence-electron chi connectivity index (χ4n) is 2.69. The Hall–Kier alpha value is -2.30. The molecule has 9 nitrogen and oxygen atoms in total. The smallest absolute Gasteiger partial charge is 0.338 e. The second-order valence-corrected chi connectivity index (χ2v) is 9.62. The van der Waals surface area contributed by atoms with E-state index in [1.54, 1.807) is 0 Å². The van der Waals surface area contributed by atoms with Gasteiger partial charge >= 0.3 is 5.97 Å². The van der Waals surface area contributed by atoms with Crippen LogP contribution in [0.3, 0.4) is 0 Å². The predicted molar refractivity (Wildman–Crippen MR) is 103 cm³/mol. The van der Waals surface area contributed by atoms with Crippen molar-refractivity contribution in [3.63, 3.8) is 0 Å². The molecule has 1 unspecified atom stereocenters. The molecule has 29 heavy (non-hydrogen) atoms. The Morgan fingerprint density at radius 3 is 2.59 bits per heavy atom. The second kappa shape index (κ2) is 8.60. The Bertz CT molecular complexity index is 941. The fraction of sp³-hybridized carbons (Fsp3) is 0.526. The van der Waals surface area contributed by atoms with Gasteiger partial charge in [0.1, 0.15) is 0 Å². The number of hydrogen-bond acceptors (Lipinski definition) is 8. The van der Waals surface area contributed by atoms with E-state index in [0.29, 0.717) is 12.4 Å². The highest BCUT2D eigenvalue weighted by Crippen LogP contribution is 2.19. The first-order chi connectivity index (χ1) is 13.6. The summed E-state index contributed by atoms with van der Waals surface area (Å²) in [5, 5.41) is 3.86. The molecular formula is C19H25N3O6S. The summed E-state index contributed by atoms with van der Waals surface area (Å²) in [6.07, 6.45) is 1.68. The van der Waals surface area contributed by atoms with Gasteiger partial charge in [-0.25, -0.2) is 17.9 Å². The standard InChI is InChI=1S/C19H25N3O6S/c1-19(2,3)18-21-16(28-22-18)12-27-17(23)13-6-8-15(9-7-13)29(24,25)20-11-14-5-4-10-26-14/h6-9,14,20H,4-5,10-12H2,1-3H3. The van der Waals surface area contributed by atoms with Gasteiger partial charge in [-0.2, -0.15) is 4.98 Å². The number of rotatable bonds is 7. The Morgan fingerprint density at radius 2 is 2.00 bits per heavy atom. The van der Waals surface area contributed by atoms with Crippen LogP contribution in [0.15, 0.2) is 33.7 Å². The molecule has 0 bridgehead atoms. The maximum Gasteiger partial charge on any atom is 0.338 e. The summed E-state index contributed by atoms with van der Waals surface area (Å²) in [4.78, 5) is 16.5. The van der Waals surface area contributed by atoms with E-state index in [4.69, 9.17) is 14.0 Å². The second-order valence-electron chi connectivity index (χ2n) is 7.85. The van der Waals surface area contributed by atoms with Crippen molar-refractivity contribution >= 4 is 16.0 Å². The Labute approximate surface area is 169 Å². The number of aromatic nitrogens is 2. The van der Waals surface area contributed by atoms with E-state index in [0.717, 1.165) is 12.8 Å². The van der Waals surface area contributed by atoms with E-state index in [2.05, 4.69) is 14.9 Å². The fourth-order valence-corrected chi connectivity index (χ4v) is 3.76. The molecule has 1 saturated heterocycles. The van der Waals surface area contributed by atoms with E-state index >= 15 is 0 Å². The van der Waals surface area contributed by atoms with E-state index in [1.165, 1.54) is 24.3 Å². The van der Waals surface area contributed by atoms with Gasteiger partial charge in [0.05, 0.1) is 16.6 Å². The number of hydrogen-bond donors (Lipinski definition) is 1. The third kappa shape index (κ3) is 5.62. The van der Waals surface area contributed by atoms with Crippen LogP contribution in [0.1, 0.15) is 55.7 Å². The van der Waals surface area contributed by atoms with Crippen molar-refractivity contribution in [2.45, 2.75) is 56.6 Å². The third-order valence-corrected chi connectivity index (χ3v) is 5.83. The molecule has 1 fully saturated rings. The van der Waals surface area contributed by atoms with Gasteiger partial charge < -0.3 is 14.0 Å². The highest BCUT2D eigenvalue weighted by molar-refractivity contribution is 7.89. The topological polar surface area (TPSA) is 121 Å². The number of esters is 1. The van der Waals surface area contributed by atoms with E-state index in [9.17, 15) is 13.2 Å². The Balaban J connectivity index is 1.56. The number of benzene rings is 1. The van der Waals surface area contributed by atoms with Crippen LogP contribution in [0.4, 0.5) is 0 Å². The highest BCUT2D eigenvalue weighted by atomic mass is 32.2. The summed E-state index contributed by atoms with van der Waals surface area (Å²) < 4.78 is 42.9. The lowest BCUT2D eigenvalue weighted by Gasteiger charge is -2.11. The molecule has 0 saturated carbocycles. The van der Waals surface area contributed by atoms with Crippen molar-refractivity contribution in [1.82, 2.24) is 14.9 Å². The molecule has 2 aromatic rings. The Morgan fingerprint density at radius 1 is 1.28 bits per heavy atom. The number of nitrogens with zero attached hydrogens (tertiary/aromatic N) is 2. The van der Waals surface area contributed by atoms with Crippen LogP contribution in [0.2, 0.25) is 0 Å². The SMILES string of the molecule is CC(C)(C)c1noc(COC(=O)c2ccc(S(=O)(=O)NCC3CCCO3)cc2)n1. The lowest BCUT2D eigenvalue weighted by atomic mass is 9.96. The molecule has 1 N–H and O–H groups in total. The monoisotopic (exact) mass is 423 g/mol. The Kier molecular flexibility index (Phi) is 6.35. The van der Waals surface area contributed by atoms with Crippen LogP contribution in [0.5, 0.6) is 0 Å². The molecule has 1 aromatic heterocycles. The average Bonchev–Trinajstić information content (AvgIpc) is 3.36. The molecule has 1 atom stereocenters. The first-order valence-electron chi connectivity index (χ1n) is 9.37. The summed E-state index contributed by atoms with van der Waals surface area (Å²) in [6.45, 7) is 6.55. The van der Waals surface area contributed by atoms with Crippen molar-refractivity contribution in [3.05, 3.63) is 41.5 Å². The maximum atomic E-state index is 12.4.